The van der Waals surface area contributed by atoms with Gasteiger partial charge < -0.3 is 15.3 Å². The largest absolute Gasteiger partial charge is 0.474 e. The number of rotatable bonds is 16. The van der Waals surface area contributed by atoms with Crippen molar-refractivity contribution in [3.63, 3.8) is 0 Å². The Morgan fingerprint density at radius 2 is 1.32 bits per heavy atom. The molecule has 0 aliphatic carbocycles. The molecule has 2 N–H and O–H groups in total. The number of aliphatic carboxylic acids is 1. The van der Waals surface area contributed by atoms with E-state index in [0.717, 1.165) is 55.6 Å². The SMILES string of the molecule is CCCCC=CCCCCCCCC(=O)Nc1ccc(CN(Cc2ccc(C(F)(F)F)cc2)C(=O)C(=O)O)cc1. The first-order valence-corrected chi connectivity index (χ1v) is 13.8. The second kappa shape index (κ2) is 17.2. The van der Waals surface area contributed by atoms with Crippen LogP contribution in [0, 0.1) is 0 Å². The van der Waals surface area contributed by atoms with Crippen molar-refractivity contribution < 1.29 is 32.7 Å². The maximum absolute atomic E-state index is 12.8. The van der Waals surface area contributed by atoms with Crippen molar-refractivity contribution in [3.05, 3.63) is 77.4 Å². The van der Waals surface area contributed by atoms with Crippen LogP contribution >= 0.6 is 0 Å². The van der Waals surface area contributed by atoms with Gasteiger partial charge in [0.2, 0.25) is 5.91 Å². The number of amides is 2. The van der Waals surface area contributed by atoms with Crippen LogP contribution in [0.25, 0.3) is 0 Å². The molecule has 218 valence electrons. The summed E-state index contributed by atoms with van der Waals surface area (Å²) in [6, 6.07) is 10.9. The molecular weight excluding hydrogens is 521 g/mol. The molecule has 40 heavy (non-hydrogen) atoms. The standard InChI is InChI=1S/C31H39F3N2O4/c1-2-3-4-5-6-7-8-9-10-11-12-13-28(37)35-27-20-16-25(17-21-27)23-36(29(38)30(39)40)22-24-14-18-26(19-15-24)31(32,33)34/h5-6,14-21H,2-4,7-13,22-23H2,1H3,(H,35,37)(H,39,40). The van der Waals surface area contributed by atoms with E-state index in [1.165, 1.54) is 31.4 Å². The smallest absolute Gasteiger partial charge is 0.416 e. The predicted molar refractivity (Wildman–Crippen MR) is 149 cm³/mol. The average Bonchev–Trinajstić information content (AvgIpc) is 2.91. The van der Waals surface area contributed by atoms with Crippen LogP contribution in [0.1, 0.15) is 87.8 Å². The first-order valence-electron chi connectivity index (χ1n) is 13.8. The number of carboxylic acids is 1. The van der Waals surface area contributed by atoms with Crippen molar-refractivity contribution in [2.75, 3.05) is 5.32 Å². The molecule has 0 heterocycles. The van der Waals surface area contributed by atoms with Crippen LogP contribution in [0.2, 0.25) is 0 Å². The van der Waals surface area contributed by atoms with E-state index < -0.39 is 23.6 Å². The molecule has 0 atom stereocenters. The van der Waals surface area contributed by atoms with Gasteiger partial charge >= 0.3 is 18.1 Å². The Hall–Kier alpha value is -3.62. The Balaban J connectivity index is 1.79. The van der Waals surface area contributed by atoms with Crippen LogP contribution in [0.5, 0.6) is 0 Å². The van der Waals surface area contributed by atoms with Gasteiger partial charge in [-0.15, -0.1) is 0 Å². The summed E-state index contributed by atoms with van der Waals surface area (Å²) in [5.41, 5.74) is 0.735. The topological polar surface area (TPSA) is 86.7 Å². The second-order valence-corrected chi connectivity index (χ2v) is 9.83. The number of anilines is 1. The van der Waals surface area contributed by atoms with Crippen molar-refractivity contribution in [1.29, 1.82) is 0 Å². The number of unbranched alkanes of at least 4 members (excludes halogenated alkanes) is 7. The lowest BCUT2D eigenvalue weighted by Crippen LogP contribution is -2.35. The Bertz CT molecular complexity index is 1100. The minimum absolute atomic E-state index is 0.0606. The number of carboxylic acid groups (broad SMARTS) is 1. The van der Waals surface area contributed by atoms with Crippen LogP contribution in [-0.2, 0) is 33.6 Å². The zero-order valence-electron chi connectivity index (χ0n) is 23.0. The van der Waals surface area contributed by atoms with E-state index >= 15 is 0 Å². The highest BCUT2D eigenvalue weighted by Crippen LogP contribution is 2.29. The van der Waals surface area contributed by atoms with Crippen molar-refractivity contribution in [3.8, 4) is 0 Å². The van der Waals surface area contributed by atoms with E-state index in [9.17, 15) is 32.7 Å². The second-order valence-electron chi connectivity index (χ2n) is 9.83. The van der Waals surface area contributed by atoms with Gasteiger partial charge in [-0.1, -0.05) is 75.4 Å². The van der Waals surface area contributed by atoms with Gasteiger partial charge in [-0.25, -0.2) is 4.79 Å². The van der Waals surface area contributed by atoms with Crippen molar-refractivity contribution in [2.45, 2.75) is 90.4 Å². The minimum atomic E-state index is -4.49. The molecule has 0 radical (unpaired) electrons. The first-order chi connectivity index (χ1) is 19.1. The van der Waals surface area contributed by atoms with Crippen LogP contribution in [0.4, 0.5) is 18.9 Å². The van der Waals surface area contributed by atoms with Gasteiger partial charge in [0.25, 0.3) is 0 Å². The number of nitrogens with zero attached hydrogens (tertiary/aromatic N) is 1. The summed E-state index contributed by atoms with van der Waals surface area (Å²) in [5.74, 6) is -2.91. The van der Waals surface area contributed by atoms with Gasteiger partial charge in [-0.05, 0) is 61.1 Å². The summed E-state index contributed by atoms with van der Waals surface area (Å²) >= 11 is 0. The lowest BCUT2D eigenvalue weighted by molar-refractivity contribution is -0.156. The normalized spacial score (nSPS) is 11.5. The number of allylic oxidation sites excluding steroid dienone is 2. The predicted octanol–water partition coefficient (Wildman–Crippen LogP) is 7.73. The van der Waals surface area contributed by atoms with Crippen molar-refractivity contribution in [2.24, 2.45) is 0 Å². The Morgan fingerprint density at radius 1 is 0.800 bits per heavy atom. The molecule has 0 bridgehead atoms. The molecule has 2 rings (SSSR count). The number of carbonyl (C=O) groups is 3. The molecule has 0 aromatic heterocycles. The van der Waals surface area contributed by atoms with Gasteiger partial charge in [-0.2, -0.15) is 13.2 Å². The number of halogens is 3. The fourth-order valence-corrected chi connectivity index (χ4v) is 4.13. The maximum Gasteiger partial charge on any atom is 0.416 e. The number of hydrogen-bond acceptors (Lipinski definition) is 3. The number of nitrogens with one attached hydrogen (secondary N) is 1. The van der Waals surface area contributed by atoms with Crippen LogP contribution in [0.3, 0.4) is 0 Å². The number of benzene rings is 2. The Morgan fingerprint density at radius 3 is 1.88 bits per heavy atom. The van der Waals surface area contributed by atoms with Crippen LogP contribution in [-0.4, -0.2) is 27.8 Å². The molecule has 2 aromatic rings. The van der Waals surface area contributed by atoms with E-state index in [-0.39, 0.29) is 19.0 Å². The minimum Gasteiger partial charge on any atom is -0.474 e. The van der Waals surface area contributed by atoms with E-state index in [1.807, 2.05) is 0 Å². The molecule has 9 heteroatoms. The molecule has 0 saturated heterocycles. The summed E-state index contributed by atoms with van der Waals surface area (Å²) in [4.78, 5) is 36.9. The van der Waals surface area contributed by atoms with Gasteiger partial charge in [0.1, 0.15) is 0 Å². The van der Waals surface area contributed by atoms with Gasteiger partial charge in [0, 0.05) is 25.2 Å². The fourth-order valence-electron chi connectivity index (χ4n) is 4.13. The molecule has 2 aromatic carbocycles. The Kier molecular flexibility index (Phi) is 14.0. The highest BCUT2D eigenvalue weighted by molar-refractivity contribution is 6.31. The molecule has 0 aliphatic heterocycles. The number of hydrogen-bond donors (Lipinski definition) is 2. The van der Waals surface area contributed by atoms with Gasteiger partial charge in [0.15, 0.2) is 0 Å². The highest BCUT2D eigenvalue weighted by atomic mass is 19.4. The lowest BCUT2D eigenvalue weighted by atomic mass is 10.1. The van der Waals surface area contributed by atoms with Crippen molar-refractivity contribution >= 4 is 23.5 Å². The molecule has 2 amide bonds. The average molecular weight is 561 g/mol. The molecular formula is C31H39F3N2O4. The van der Waals surface area contributed by atoms with E-state index in [1.54, 1.807) is 24.3 Å². The molecule has 0 unspecified atom stereocenters. The highest BCUT2D eigenvalue weighted by Gasteiger charge is 2.30. The third-order valence-corrected chi connectivity index (χ3v) is 6.40. The van der Waals surface area contributed by atoms with E-state index in [4.69, 9.17) is 0 Å². The van der Waals surface area contributed by atoms with E-state index in [2.05, 4.69) is 24.4 Å². The molecule has 0 saturated carbocycles. The quantitative estimate of drug-likeness (QED) is 0.125. The zero-order chi connectivity index (χ0) is 29.4. The summed E-state index contributed by atoms with van der Waals surface area (Å²) < 4.78 is 38.4. The van der Waals surface area contributed by atoms with Gasteiger partial charge in [0.05, 0.1) is 5.56 Å². The summed E-state index contributed by atoms with van der Waals surface area (Å²) in [5, 5.41) is 12.0. The van der Waals surface area contributed by atoms with Crippen LogP contribution < -0.4 is 5.32 Å². The fraction of sp³-hybridized carbons (Fsp3) is 0.452. The number of alkyl halides is 3. The van der Waals surface area contributed by atoms with Crippen molar-refractivity contribution in [1.82, 2.24) is 4.90 Å². The monoisotopic (exact) mass is 560 g/mol. The van der Waals surface area contributed by atoms with Crippen LogP contribution in [0.15, 0.2) is 60.7 Å². The first kappa shape index (κ1) is 32.6. The maximum atomic E-state index is 12.8. The lowest BCUT2D eigenvalue weighted by Gasteiger charge is -2.21. The molecule has 0 aliphatic rings. The Labute approximate surface area is 234 Å². The summed E-state index contributed by atoms with van der Waals surface area (Å²) in [7, 11) is 0. The van der Waals surface area contributed by atoms with E-state index in [0.29, 0.717) is 23.2 Å². The van der Waals surface area contributed by atoms with Gasteiger partial charge in [-0.3, -0.25) is 9.59 Å². The third kappa shape index (κ3) is 12.5. The molecule has 6 nitrogen and oxygen atoms in total. The summed E-state index contributed by atoms with van der Waals surface area (Å²) in [6.07, 6.45) is 10.4. The number of carbonyl (C=O) groups excluding carboxylic acids is 2. The zero-order valence-corrected chi connectivity index (χ0v) is 23.0. The summed E-state index contributed by atoms with van der Waals surface area (Å²) in [6.45, 7) is 1.96. The molecule has 0 fully saturated rings. The molecule has 0 spiro atoms. The third-order valence-electron chi connectivity index (χ3n) is 6.40.